The number of aryl methyl sites for hydroxylation is 1. The number of hydrogen-bond acceptors (Lipinski definition) is 3. The maximum Gasteiger partial charge on any atom is 0.131 e. The minimum absolute atomic E-state index is 0.201. The first-order valence-corrected chi connectivity index (χ1v) is 7.53. The van der Waals surface area contributed by atoms with Crippen LogP contribution in [0.1, 0.15) is 36.9 Å². The van der Waals surface area contributed by atoms with Crippen LogP contribution >= 0.6 is 11.6 Å². The van der Waals surface area contributed by atoms with Gasteiger partial charge in [-0.15, -0.1) is 0 Å². The van der Waals surface area contributed by atoms with Gasteiger partial charge in [0.2, 0.25) is 0 Å². The zero-order valence-electron chi connectivity index (χ0n) is 11.5. The Bertz CT molecular complexity index is 671. The number of anilines is 1. The van der Waals surface area contributed by atoms with E-state index in [9.17, 15) is 0 Å². The van der Waals surface area contributed by atoms with Crippen molar-refractivity contribution in [1.29, 1.82) is 0 Å². The maximum atomic E-state index is 6.77. The minimum Gasteiger partial charge on any atom is -0.369 e. The molecule has 2 aromatic heterocycles. The molecule has 0 bridgehead atoms. The summed E-state index contributed by atoms with van der Waals surface area (Å²) in [5.41, 5.74) is 4.43. The van der Waals surface area contributed by atoms with Crippen molar-refractivity contribution in [2.45, 2.75) is 38.0 Å². The smallest absolute Gasteiger partial charge is 0.131 e. The van der Waals surface area contributed by atoms with Gasteiger partial charge in [-0.3, -0.25) is 5.10 Å². The van der Waals surface area contributed by atoms with E-state index in [0.717, 1.165) is 34.2 Å². The monoisotopic (exact) mass is 288 g/mol. The fraction of sp³-hybridized carbons (Fsp3) is 0.467. The van der Waals surface area contributed by atoms with E-state index in [2.05, 4.69) is 20.5 Å². The standard InChI is InChI=1S/C15H17ClN4/c1-9-10(7-19-20-9)11-6-17-14-12(13(11)16)15(8-18-14)4-2-3-5-15/h6-7H,2-5,8H2,1H3,(H,17,18)(H,19,20). The lowest BCUT2D eigenvalue weighted by molar-refractivity contribution is 0.489. The van der Waals surface area contributed by atoms with E-state index in [0.29, 0.717) is 0 Å². The molecule has 0 aromatic carbocycles. The van der Waals surface area contributed by atoms with Gasteiger partial charge in [0.15, 0.2) is 0 Å². The van der Waals surface area contributed by atoms with Gasteiger partial charge < -0.3 is 5.32 Å². The summed E-state index contributed by atoms with van der Waals surface area (Å²) >= 11 is 6.77. The molecule has 1 saturated carbocycles. The highest BCUT2D eigenvalue weighted by atomic mass is 35.5. The first-order valence-electron chi connectivity index (χ1n) is 7.15. The largest absolute Gasteiger partial charge is 0.369 e. The Balaban J connectivity index is 1.92. The Kier molecular flexibility index (Phi) is 2.58. The van der Waals surface area contributed by atoms with Crippen LogP contribution in [0.5, 0.6) is 0 Å². The SMILES string of the molecule is Cc1n[nH]cc1-c1cnc2c(c1Cl)C1(CCCC1)CN2. The van der Waals surface area contributed by atoms with E-state index in [-0.39, 0.29) is 5.41 Å². The van der Waals surface area contributed by atoms with Crippen LogP contribution in [0.15, 0.2) is 12.4 Å². The molecule has 0 saturated heterocycles. The Morgan fingerprint density at radius 1 is 1.25 bits per heavy atom. The molecule has 0 unspecified atom stereocenters. The van der Waals surface area contributed by atoms with Gasteiger partial charge in [-0.05, 0) is 19.8 Å². The summed E-state index contributed by atoms with van der Waals surface area (Å²) < 4.78 is 0. The normalized spacial score (nSPS) is 19.3. The molecule has 0 atom stereocenters. The quantitative estimate of drug-likeness (QED) is 0.842. The van der Waals surface area contributed by atoms with E-state index >= 15 is 0 Å². The fourth-order valence-corrected chi connectivity index (χ4v) is 4.19. The average Bonchev–Trinajstić information content (AvgIpc) is 3.14. The van der Waals surface area contributed by atoms with Crippen LogP contribution in [0.4, 0.5) is 5.82 Å². The van der Waals surface area contributed by atoms with E-state index < -0.39 is 0 Å². The Hall–Kier alpha value is -1.55. The first-order chi connectivity index (χ1) is 9.71. The predicted octanol–water partition coefficient (Wildman–Crippen LogP) is 3.67. The van der Waals surface area contributed by atoms with E-state index in [1.807, 2.05) is 19.3 Å². The molecule has 3 heterocycles. The molecule has 0 radical (unpaired) electrons. The number of halogens is 1. The molecule has 1 aliphatic carbocycles. The summed E-state index contributed by atoms with van der Waals surface area (Å²) in [5.74, 6) is 0.974. The average molecular weight is 289 g/mol. The molecule has 4 rings (SSSR count). The number of H-pyrrole nitrogens is 1. The molecule has 1 fully saturated rings. The number of aromatic amines is 1. The van der Waals surface area contributed by atoms with Crippen LogP contribution in [-0.2, 0) is 5.41 Å². The van der Waals surface area contributed by atoms with Crippen molar-refractivity contribution >= 4 is 17.4 Å². The maximum absolute atomic E-state index is 6.77. The van der Waals surface area contributed by atoms with Gasteiger partial charge in [-0.2, -0.15) is 5.10 Å². The Morgan fingerprint density at radius 3 is 2.75 bits per heavy atom. The van der Waals surface area contributed by atoms with Crippen LogP contribution in [-0.4, -0.2) is 21.7 Å². The summed E-state index contributed by atoms with van der Waals surface area (Å²) in [6.07, 6.45) is 8.75. The summed E-state index contributed by atoms with van der Waals surface area (Å²) in [6.45, 7) is 2.96. The molecule has 4 nitrogen and oxygen atoms in total. The van der Waals surface area contributed by atoms with Crippen molar-refractivity contribution in [3.63, 3.8) is 0 Å². The summed E-state index contributed by atoms with van der Waals surface area (Å²) in [4.78, 5) is 4.60. The van der Waals surface area contributed by atoms with Gasteiger partial charge in [0.05, 0.1) is 10.7 Å². The number of hydrogen-bond donors (Lipinski definition) is 2. The molecule has 1 spiro atoms. The third-order valence-corrected chi connectivity index (χ3v) is 5.21. The fourth-order valence-electron chi connectivity index (χ4n) is 3.75. The van der Waals surface area contributed by atoms with Crippen molar-refractivity contribution in [3.8, 4) is 11.1 Å². The summed E-state index contributed by atoms with van der Waals surface area (Å²) in [5, 5.41) is 11.4. The van der Waals surface area contributed by atoms with Gasteiger partial charge >= 0.3 is 0 Å². The second-order valence-electron chi connectivity index (χ2n) is 5.93. The summed E-state index contributed by atoms with van der Waals surface area (Å²) in [6, 6.07) is 0. The highest BCUT2D eigenvalue weighted by Gasteiger charge is 2.44. The van der Waals surface area contributed by atoms with Gasteiger partial charge in [0.25, 0.3) is 0 Å². The lowest BCUT2D eigenvalue weighted by atomic mass is 9.80. The van der Waals surface area contributed by atoms with Crippen LogP contribution in [0.2, 0.25) is 5.02 Å². The van der Waals surface area contributed by atoms with Crippen molar-refractivity contribution in [3.05, 3.63) is 28.7 Å². The topological polar surface area (TPSA) is 53.6 Å². The van der Waals surface area contributed by atoms with Gasteiger partial charge in [0.1, 0.15) is 5.82 Å². The number of nitrogens with zero attached hydrogens (tertiary/aromatic N) is 2. The number of rotatable bonds is 1. The van der Waals surface area contributed by atoms with Gasteiger partial charge in [0, 0.05) is 41.0 Å². The Labute approximate surface area is 123 Å². The molecule has 2 N–H and O–H groups in total. The summed E-state index contributed by atoms with van der Waals surface area (Å²) in [7, 11) is 0. The zero-order chi connectivity index (χ0) is 13.7. The van der Waals surface area contributed by atoms with Crippen LogP contribution in [0, 0.1) is 6.92 Å². The predicted molar refractivity (Wildman–Crippen MR) is 80.2 cm³/mol. The van der Waals surface area contributed by atoms with Gasteiger partial charge in [-0.25, -0.2) is 4.98 Å². The third kappa shape index (κ3) is 1.54. The molecule has 1 aliphatic heterocycles. The van der Waals surface area contributed by atoms with Crippen LogP contribution in [0.25, 0.3) is 11.1 Å². The van der Waals surface area contributed by atoms with Crippen LogP contribution in [0.3, 0.4) is 0 Å². The lowest BCUT2D eigenvalue weighted by Crippen LogP contribution is -2.24. The molecular formula is C15H17ClN4. The first kappa shape index (κ1) is 12.2. The molecule has 104 valence electrons. The van der Waals surface area contributed by atoms with Crippen LogP contribution < -0.4 is 5.32 Å². The molecular weight excluding hydrogens is 272 g/mol. The van der Waals surface area contributed by atoms with Crippen molar-refractivity contribution < 1.29 is 0 Å². The van der Waals surface area contributed by atoms with Crippen molar-refractivity contribution in [2.75, 3.05) is 11.9 Å². The molecule has 2 aromatic rings. The number of pyridine rings is 1. The highest BCUT2D eigenvalue weighted by Crippen LogP contribution is 2.51. The molecule has 5 heteroatoms. The third-order valence-electron chi connectivity index (χ3n) is 4.82. The zero-order valence-corrected chi connectivity index (χ0v) is 12.2. The molecule has 2 aliphatic rings. The minimum atomic E-state index is 0.201. The second kappa shape index (κ2) is 4.22. The second-order valence-corrected chi connectivity index (χ2v) is 6.31. The van der Waals surface area contributed by atoms with E-state index in [1.54, 1.807) is 0 Å². The number of nitrogens with one attached hydrogen (secondary N) is 2. The molecule has 0 amide bonds. The highest BCUT2D eigenvalue weighted by molar-refractivity contribution is 6.34. The van der Waals surface area contributed by atoms with E-state index in [4.69, 9.17) is 11.6 Å². The van der Waals surface area contributed by atoms with Crippen molar-refractivity contribution in [2.24, 2.45) is 0 Å². The number of fused-ring (bicyclic) bond motifs is 2. The lowest BCUT2D eigenvalue weighted by Gasteiger charge is -2.24. The molecule has 20 heavy (non-hydrogen) atoms. The number of aromatic nitrogens is 3. The van der Waals surface area contributed by atoms with E-state index in [1.165, 1.54) is 31.2 Å². The van der Waals surface area contributed by atoms with Gasteiger partial charge in [-0.1, -0.05) is 24.4 Å². The van der Waals surface area contributed by atoms with Crippen molar-refractivity contribution in [1.82, 2.24) is 15.2 Å². The Morgan fingerprint density at radius 2 is 2.05 bits per heavy atom.